The van der Waals surface area contributed by atoms with E-state index in [1.807, 2.05) is 30.3 Å². The van der Waals surface area contributed by atoms with Crippen LogP contribution >= 0.6 is 0 Å². The lowest BCUT2D eigenvalue weighted by Gasteiger charge is -2.13. The van der Waals surface area contributed by atoms with Crippen molar-refractivity contribution < 1.29 is 19.1 Å². The first-order valence-corrected chi connectivity index (χ1v) is 8.59. The summed E-state index contributed by atoms with van der Waals surface area (Å²) in [7, 11) is 3.24. The second kappa shape index (κ2) is 7.90. The topological polar surface area (TPSA) is 87.7 Å². The van der Waals surface area contributed by atoms with E-state index in [1.165, 1.54) is 4.90 Å². The van der Waals surface area contributed by atoms with Gasteiger partial charge in [-0.2, -0.15) is 0 Å². The molecule has 2 aromatic carbocycles. The number of hydrogen-bond acceptors (Lipinski definition) is 4. The molecule has 3 rings (SSSR count). The van der Waals surface area contributed by atoms with Crippen molar-refractivity contribution in [1.82, 2.24) is 10.6 Å². The number of para-hydroxylation sites is 1. The Morgan fingerprint density at radius 2 is 1.78 bits per heavy atom. The average Bonchev–Trinajstić information content (AvgIpc) is 2.93. The number of anilines is 1. The summed E-state index contributed by atoms with van der Waals surface area (Å²) in [4.78, 5) is 38.0. The third-order valence-electron chi connectivity index (χ3n) is 4.53. The zero-order chi connectivity index (χ0) is 19.4. The standard InChI is InChI=1S/C20H21N3O4/c1-23-16-6-4-3-5-15(16)17(20(23)26)22-19(25)18(24)21-12-11-13-7-9-14(27-2)10-8-13/h3-10,17H,11-12H2,1-2H3,(H,21,24)(H,22,25)/t17-/m0/s1. The monoisotopic (exact) mass is 367 g/mol. The highest BCUT2D eigenvalue weighted by Gasteiger charge is 2.36. The minimum Gasteiger partial charge on any atom is -0.497 e. The number of likely N-dealkylation sites (N-methyl/N-ethyl adjacent to an activating group) is 1. The maximum Gasteiger partial charge on any atom is 0.310 e. The van der Waals surface area contributed by atoms with Crippen LogP contribution in [0.5, 0.6) is 5.75 Å². The molecule has 2 N–H and O–H groups in total. The molecule has 1 atom stereocenters. The molecule has 2 aromatic rings. The Morgan fingerprint density at radius 3 is 2.48 bits per heavy atom. The molecular formula is C20H21N3O4. The van der Waals surface area contributed by atoms with Gasteiger partial charge in [0, 0.05) is 24.8 Å². The van der Waals surface area contributed by atoms with Crippen LogP contribution in [-0.2, 0) is 20.8 Å². The number of carbonyl (C=O) groups excluding carboxylic acids is 3. The fourth-order valence-corrected chi connectivity index (χ4v) is 3.01. The zero-order valence-electron chi connectivity index (χ0n) is 15.2. The van der Waals surface area contributed by atoms with E-state index in [9.17, 15) is 14.4 Å². The van der Waals surface area contributed by atoms with Crippen molar-refractivity contribution >= 4 is 23.4 Å². The van der Waals surface area contributed by atoms with Gasteiger partial charge >= 0.3 is 11.8 Å². The molecule has 0 unspecified atom stereocenters. The Labute approximate surface area is 157 Å². The molecule has 1 heterocycles. The van der Waals surface area contributed by atoms with Crippen LogP contribution in [0.4, 0.5) is 5.69 Å². The summed E-state index contributed by atoms with van der Waals surface area (Å²) in [6.07, 6.45) is 0.580. The van der Waals surface area contributed by atoms with Crippen molar-refractivity contribution in [3.63, 3.8) is 0 Å². The van der Waals surface area contributed by atoms with Crippen molar-refractivity contribution in [1.29, 1.82) is 0 Å². The van der Waals surface area contributed by atoms with Gasteiger partial charge in [-0.3, -0.25) is 14.4 Å². The van der Waals surface area contributed by atoms with E-state index in [0.717, 1.165) is 17.0 Å². The number of rotatable bonds is 5. The number of nitrogens with one attached hydrogen (secondary N) is 2. The maximum atomic E-state index is 12.3. The lowest BCUT2D eigenvalue weighted by Crippen LogP contribution is -2.44. The first-order chi connectivity index (χ1) is 13.0. The maximum absolute atomic E-state index is 12.3. The molecule has 0 saturated heterocycles. The van der Waals surface area contributed by atoms with E-state index in [4.69, 9.17) is 4.74 Å². The molecule has 0 bridgehead atoms. The Balaban J connectivity index is 1.53. The van der Waals surface area contributed by atoms with E-state index >= 15 is 0 Å². The third kappa shape index (κ3) is 3.92. The van der Waals surface area contributed by atoms with Crippen LogP contribution in [0.25, 0.3) is 0 Å². The van der Waals surface area contributed by atoms with E-state index in [1.54, 1.807) is 32.4 Å². The quantitative estimate of drug-likeness (QED) is 0.777. The van der Waals surface area contributed by atoms with Crippen LogP contribution in [-0.4, -0.2) is 38.4 Å². The highest BCUT2D eigenvalue weighted by atomic mass is 16.5. The summed E-state index contributed by atoms with van der Waals surface area (Å²) in [5, 5.41) is 5.10. The molecule has 27 heavy (non-hydrogen) atoms. The van der Waals surface area contributed by atoms with Gasteiger partial charge in [0.15, 0.2) is 0 Å². The van der Waals surface area contributed by atoms with Crippen LogP contribution in [0, 0.1) is 0 Å². The number of ether oxygens (including phenoxy) is 1. The van der Waals surface area contributed by atoms with Gasteiger partial charge in [0.2, 0.25) is 0 Å². The zero-order valence-corrected chi connectivity index (χ0v) is 15.2. The smallest absolute Gasteiger partial charge is 0.310 e. The molecule has 0 fully saturated rings. The highest BCUT2D eigenvalue weighted by Crippen LogP contribution is 2.34. The van der Waals surface area contributed by atoms with E-state index in [0.29, 0.717) is 18.5 Å². The minimum absolute atomic E-state index is 0.268. The number of carbonyl (C=O) groups is 3. The molecule has 0 radical (unpaired) electrons. The molecule has 1 aliphatic heterocycles. The fourth-order valence-electron chi connectivity index (χ4n) is 3.01. The largest absolute Gasteiger partial charge is 0.497 e. The summed E-state index contributed by atoms with van der Waals surface area (Å²) in [5.41, 5.74) is 2.43. The molecule has 0 saturated carbocycles. The van der Waals surface area contributed by atoms with Gasteiger partial charge in [0.05, 0.1) is 7.11 Å². The number of amides is 3. The first kappa shape index (κ1) is 18.4. The molecule has 3 amide bonds. The van der Waals surface area contributed by atoms with Gasteiger partial charge in [-0.05, 0) is 30.2 Å². The first-order valence-electron chi connectivity index (χ1n) is 8.59. The number of benzene rings is 2. The fraction of sp³-hybridized carbons (Fsp3) is 0.250. The number of hydrogen-bond donors (Lipinski definition) is 2. The van der Waals surface area contributed by atoms with Gasteiger partial charge < -0.3 is 20.3 Å². The molecule has 1 aliphatic rings. The van der Waals surface area contributed by atoms with Crippen molar-refractivity contribution in [2.24, 2.45) is 0 Å². The molecule has 7 heteroatoms. The Bertz CT molecular complexity index is 864. The van der Waals surface area contributed by atoms with Gasteiger partial charge in [-0.1, -0.05) is 30.3 Å². The molecule has 0 aliphatic carbocycles. The van der Waals surface area contributed by atoms with Gasteiger partial charge in [-0.25, -0.2) is 0 Å². The van der Waals surface area contributed by atoms with E-state index in [-0.39, 0.29) is 5.91 Å². The Morgan fingerprint density at radius 1 is 1.07 bits per heavy atom. The number of fused-ring (bicyclic) bond motifs is 1. The third-order valence-corrected chi connectivity index (χ3v) is 4.53. The number of methoxy groups -OCH3 is 1. The second-order valence-electron chi connectivity index (χ2n) is 6.22. The van der Waals surface area contributed by atoms with Crippen LogP contribution in [0.3, 0.4) is 0 Å². The van der Waals surface area contributed by atoms with Gasteiger partial charge in [0.25, 0.3) is 5.91 Å². The van der Waals surface area contributed by atoms with Crippen LogP contribution in [0.1, 0.15) is 17.2 Å². The van der Waals surface area contributed by atoms with Crippen molar-refractivity contribution in [2.75, 3.05) is 25.6 Å². The summed E-state index contributed by atoms with van der Waals surface area (Å²) in [5.74, 6) is -1.10. The molecule has 0 spiro atoms. The van der Waals surface area contributed by atoms with Crippen LogP contribution in [0.2, 0.25) is 0 Å². The lowest BCUT2D eigenvalue weighted by atomic mass is 10.1. The Hall–Kier alpha value is -3.35. The van der Waals surface area contributed by atoms with Gasteiger partial charge in [0.1, 0.15) is 11.8 Å². The average molecular weight is 367 g/mol. The van der Waals surface area contributed by atoms with Crippen LogP contribution < -0.4 is 20.3 Å². The molecule has 140 valence electrons. The summed E-state index contributed by atoms with van der Waals surface area (Å²) >= 11 is 0. The lowest BCUT2D eigenvalue weighted by molar-refractivity contribution is -0.140. The predicted molar refractivity (Wildman–Crippen MR) is 100 cm³/mol. The molecule has 0 aromatic heterocycles. The van der Waals surface area contributed by atoms with Crippen molar-refractivity contribution in [2.45, 2.75) is 12.5 Å². The molecular weight excluding hydrogens is 346 g/mol. The minimum atomic E-state index is -0.842. The Kier molecular flexibility index (Phi) is 5.40. The van der Waals surface area contributed by atoms with E-state index < -0.39 is 17.9 Å². The SMILES string of the molecule is COc1ccc(CCNC(=O)C(=O)N[C@@H]2C(=O)N(C)c3ccccc32)cc1. The normalized spacial score (nSPS) is 15.3. The summed E-state index contributed by atoms with van der Waals surface area (Å²) in [6, 6.07) is 13.8. The highest BCUT2D eigenvalue weighted by molar-refractivity contribution is 6.35. The van der Waals surface area contributed by atoms with Crippen molar-refractivity contribution in [3.8, 4) is 5.75 Å². The summed E-state index contributed by atoms with van der Waals surface area (Å²) < 4.78 is 5.09. The number of nitrogens with zero attached hydrogens (tertiary/aromatic N) is 1. The summed E-state index contributed by atoms with van der Waals surface area (Å²) in [6.45, 7) is 0.313. The second-order valence-corrected chi connectivity index (χ2v) is 6.22. The predicted octanol–water partition coefficient (Wildman–Crippen LogP) is 1.19. The van der Waals surface area contributed by atoms with E-state index in [2.05, 4.69) is 10.6 Å². The molecule has 7 nitrogen and oxygen atoms in total. The van der Waals surface area contributed by atoms with Gasteiger partial charge in [-0.15, -0.1) is 0 Å². The van der Waals surface area contributed by atoms with Crippen LogP contribution in [0.15, 0.2) is 48.5 Å². The van der Waals surface area contributed by atoms with Crippen molar-refractivity contribution in [3.05, 3.63) is 59.7 Å².